The molecular weight excluding hydrogens is 268 g/mol. The molecular formula is C12H20N2O4S. The molecule has 0 radical (unpaired) electrons. The van der Waals surface area contributed by atoms with Gasteiger partial charge in [-0.3, -0.25) is 0 Å². The van der Waals surface area contributed by atoms with Crippen molar-refractivity contribution in [3.05, 3.63) is 23.8 Å². The fourth-order valence-corrected chi connectivity index (χ4v) is 3.55. The van der Waals surface area contributed by atoms with Crippen molar-refractivity contribution in [1.29, 1.82) is 0 Å². The molecule has 0 atom stereocenters. The van der Waals surface area contributed by atoms with Gasteiger partial charge in [0, 0.05) is 20.2 Å². The van der Waals surface area contributed by atoms with Crippen LogP contribution < -0.4 is 5.73 Å². The van der Waals surface area contributed by atoms with Crippen LogP contribution >= 0.6 is 0 Å². The van der Waals surface area contributed by atoms with E-state index in [-0.39, 0.29) is 36.9 Å². The van der Waals surface area contributed by atoms with E-state index in [2.05, 4.69) is 0 Å². The molecule has 0 amide bonds. The minimum absolute atomic E-state index is 0.0134. The lowest BCUT2D eigenvalue weighted by Gasteiger charge is -2.22. The zero-order chi connectivity index (χ0) is 14.5. The van der Waals surface area contributed by atoms with E-state index in [0.29, 0.717) is 5.56 Å². The molecule has 0 aromatic heterocycles. The maximum Gasteiger partial charge on any atom is 0.245 e. The van der Waals surface area contributed by atoms with E-state index >= 15 is 0 Å². The first kappa shape index (κ1) is 15.9. The van der Waals surface area contributed by atoms with Gasteiger partial charge in [-0.25, -0.2) is 8.42 Å². The molecule has 0 fully saturated rings. The molecule has 19 heavy (non-hydrogen) atoms. The molecule has 1 aromatic rings. The van der Waals surface area contributed by atoms with Crippen LogP contribution in [0.1, 0.15) is 5.56 Å². The minimum Gasteiger partial charge on any atom is -0.398 e. The Balaban J connectivity index is 3.19. The Hall–Kier alpha value is -1.15. The summed E-state index contributed by atoms with van der Waals surface area (Å²) in [5.74, 6) is 0. The van der Waals surface area contributed by atoms with Crippen molar-refractivity contribution in [1.82, 2.24) is 4.31 Å². The van der Waals surface area contributed by atoms with Gasteiger partial charge in [0.1, 0.15) is 4.90 Å². The Morgan fingerprint density at radius 3 is 2.58 bits per heavy atom. The number of aryl methyl sites for hydroxylation is 1. The van der Waals surface area contributed by atoms with Crippen molar-refractivity contribution < 1.29 is 18.3 Å². The summed E-state index contributed by atoms with van der Waals surface area (Å²) in [5, 5.41) is 9.01. The second-order valence-corrected chi connectivity index (χ2v) is 5.99. The molecule has 1 aromatic carbocycles. The maximum absolute atomic E-state index is 12.5. The predicted octanol–water partition coefficient (Wildman–Crippen LogP) is 0.207. The van der Waals surface area contributed by atoms with Gasteiger partial charge < -0.3 is 15.6 Å². The van der Waals surface area contributed by atoms with Gasteiger partial charge in [-0.1, -0.05) is 12.1 Å². The molecule has 6 nitrogen and oxygen atoms in total. The van der Waals surface area contributed by atoms with Gasteiger partial charge in [0.25, 0.3) is 0 Å². The van der Waals surface area contributed by atoms with Gasteiger partial charge in [-0.15, -0.1) is 0 Å². The molecule has 1 rings (SSSR count). The molecule has 0 aliphatic rings. The standard InChI is InChI=1S/C12H20N2O4S/c1-10-4-3-5-11(13)12(10)19(16,17)14(6-8-15)7-9-18-2/h3-5,15H,6-9,13H2,1-2H3. The number of anilines is 1. The monoisotopic (exact) mass is 288 g/mol. The average Bonchev–Trinajstić information content (AvgIpc) is 2.33. The normalized spacial score (nSPS) is 12.0. The number of ether oxygens (including phenoxy) is 1. The number of methoxy groups -OCH3 is 1. The van der Waals surface area contributed by atoms with E-state index in [0.717, 1.165) is 0 Å². The molecule has 0 saturated carbocycles. The number of benzene rings is 1. The third kappa shape index (κ3) is 3.66. The minimum atomic E-state index is -3.73. The fourth-order valence-electron chi connectivity index (χ4n) is 1.81. The van der Waals surface area contributed by atoms with E-state index in [1.54, 1.807) is 25.1 Å². The number of nitrogens with two attached hydrogens (primary N) is 1. The zero-order valence-electron chi connectivity index (χ0n) is 11.2. The third-order valence-electron chi connectivity index (χ3n) is 2.73. The SMILES string of the molecule is COCCN(CCO)S(=O)(=O)c1c(C)cccc1N. The Bertz CT molecular complexity index is 496. The highest BCUT2D eigenvalue weighted by atomic mass is 32.2. The number of sulfonamides is 1. The van der Waals surface area contributed by atoms with Crippen molar-refractivity contribution in [2.45, 2.75) is 11.8 Å². The summed E-state index contributed by atoms with van der Waals surface area (Å²) in [6.07, 6.45) is 0. The third-order valence-corrected chi connectivity index (χ3v) is 4.85. The number of nitrogen functional groups attached to an aromatic ring is 1. The molecule has 108 valence electrons. The smallest absolute Gasteiger partial charge is 0.245 e. The van der Waals surface area contributed by atoms with Gasteiger partial charge in [-0.2, -0.15) is 4.31 Å². The van der Waals surface area contributed by atoms with Crippen molar-refractivity contribution >= 4 is 15.7 Å². The molecule has 0 aliphatic carbocycles. The van der Waals surface area contributed by atoms with Crippen molar-refractivity contribution in [3.8, 4) is 0 Å². The molecule has 7 heteroatoms. The number of hydrogen-bond donors (Lipinski definition) is 2. The van der Waals surface area contributed by atoms with Crippen LogP contribution in [0.2, 0.25) is 0 Å². The lowest BCUT2D eigenvalue weighted by molar-refractivity contribution is 0.168. The van der Waals surface area contributed by atoms with E-state index < -0.39 is 10.0 Å². The average molecular weight is 288 g/mol. The van der Waals surface area contributed by atoms with E-state index in [1.165, 1.54) is 11.4 Å². The molecule has 0 saturated heterocycles. The van der Waals surface area contributed by atoms with Crippen molar-refractivity contribution in [2.24, 2.45) is 0 Å². The van der Waals surface area contributed by atoms with E-state index in [9.17, 15) is 8.42 Å². The highest BCUT2D eigenvalue weighted by Crippen LogP contribution is 2.25. The van der Waals surface area contributed by atoms with Crippen molar-refractivity contribution in [3.63, 3.8) is 0 Å². The van der Waals surface area contributed by atoms with Crippen LogP contribution in [0.15, 0.2) is 23.1 Å². The number of aliphatic hydroxyl groups excluding tert-OH is 1. The molecule has 3 N–H and O–H groups in total. The number of rotatable bonds is 7. The number of nitrogens with zero attached hydrogens (tertiary/aromatic N) is 1. The summed E-state index contributed by atoms with van der Waals surface area (Å²) in [5.41, 5.74) is 6.56. The topological polar surface area (TPSA) is 92.9 Å². The van der Waals surface area contributed by atoms with Crippen LogP contribution in [0, 0.1) is 6.92 Å². The van der Waals surface area contributed by atoms with Gasteiger partial charge in [-0.05, 0) is 18.6 Å². The van der Waals surface area contributed by atoms with Crippen LogP contribution in [0.4, 0.5) is 5.69 Å². The van der Waals surface area contributed by atoms with Crippen LogP contribution in [0.25, 0.3) is 0 Å². The Morgan fingerprint density at radius 1 is 1.37 bits per heavy atom. The second-order valence-electron chi connectivity index (χ2n) is 4.11. The number of hydrogen-bond acceptors (Lipinski definition) is 5. The quantitative estimate of drug-likeness (QED) is 0.700. The van der Waals surface area contributed by atoms with Gasteiger partial charge >= 0.3 is 0 Å². The first-order chi connectivity index (χ1) is 8.95. The van der Waals surface area contributed by atoms with Gasteiger partial charge in [0.2, 0.25) is 10.0 Å². The lowest BCUT2D eigenvalue weighted by atomic mass is 10.2. The number of aliphatic hydroxyl groups is 1. The summed E-state index contributed by atoms with van der Waals surface area (Å²) >= 11 is 0. The van der Waals surface area contributed by atoms with Crippen molar-refractivity contribution in [2.75, 3.05) is 39.1 Å². The van der Waals surface area contributed by atoms with E-state index in [4.69, 9.17) is 15.6 Å². The first-order valence-electron chi connectivity index (χ1n) is 5.90. The first-order valence-corrected chi connectivity index (χ1v) is 7.34. The molecule has 0 spiro atoms. The predicted molar refractivity (Wildman–Crippen MR) is 73.3 cm³/mol. The zero-order valence-corrected chi connectivity index (χ0v) is 12.0. The van der Waals surface area contributed by atoms with Crippen LogP contribution in [0.3, 0.4) is 0 Å². The van der Waals surface area contributed by atoms with Gasteiger partial charge in [0.05, 0.1) is 18.9 Å². The summed E-state index contributed by atoms with van der Waals surface area (Å²) in [7, 11) is -2.24. The van der Waals surface area contributed by atoms with Crippen LogP contribution in [-0.2, 0) is 14.8 Å². The van der Waals surface area contributed by atoms with E-state index in [1.807, 2.05) is 0 Å². The lowest BCUT2D eigenvalue weighted by Crippen LogP contribution is -2.36. The molecule has 0 aliphatic heterocycles. The highest BCUT2D eigenvalue weighted by molar-refractivity contribution is 7.89. The summed E-state index contributed by atoms with van der Waals surface area (Å²) in [6.45, 7) is 1.88. The van der Waals surface area contributed by atoms with Gasteiger partial charge in [0.15, 0.2) is 0 Å². The Kier molecular flexibility index (Phi) is 5.74. The van der Waals surface area contributed by atoms with Crippen LogP contribution in [-0.4, -0.2) is 51.2 Å². The Labute approximate surface area is 113 Å². The second kappa shape index (κ2) is 6.85. The largest absolute Gasteiger partial charge is 0.398 e. The summed E-state index contributed by atoms with van der Waals surface area (Å²) in [4.78, 5) is 0.0968. The summed E-state index contributed by atoms with van der Waals surface area (Å²) < 4.78 is 31.2. The molecule has 0 heterocycles. The molecule has 0 bridgehead atoms. The molecule has 0 unspecified atom stereocenters. The summed E-state index contributed by atoms with van der Waals surface area (Å²) in [6, 6.07) is 4.94. The fraction of sp³-hybridized carbons (Fsp3) is 0.500. The maximum atomic E-state index is 12.5. The van der Waals surface area contributed by atoms with Crippen LogP contribution in [0.5, 0.6) is 0 Å². The Morgan fingerprint density at radius 2 is 2.05 bits per heavy atom. The highest BCUT2D eigenvalue weighted by Gasteiger charge is 2.27.